The second-order valence-corrected chi connectivity index (χ2v) is 7.86. The minimum absolute atomic E-state index is 0.0605. The largest absolute Gasteiger partial charge is 0.323 e. The number of amides is 1. The summed E-state index contributed by atoms with van der Waals surface area (Å²) in [5, 5.41) is 3.63. The Hall–Kier alpha value is -0.570. The van der Waals surface area contributed by atoms with Gasteiger partial charge >= 0.3 is 0 Å². The van der Waals surface area contributed by atoms with Crippen molar-refractivity contribution in [3.8, 4) is 0 Å². The quantitative estimate of drug-likeness (QED) is 0.837. The van der Waals surface area contributed by atoms with Gasteiger partial charge in [0.15, 0.2) is 0 Å². The average Bonchev–Trinajstić information content (AvgIpc) is 2.67. The van der Waals surface area contributed by atoms with Crippen LogP contribution in [0.25, 0.3) is 0 Å². The monoisotopic (exact) mass is 294 g/mol. The molecule has 0 radical (unpaired) electrons. The first-order chi connectivity index (χ1) is 9.93. The van der Waals surface area contributed by atoms with Gasteiger partial charge in [-0.05, 0) is 49.9 Å². The number of hydrogen-bond acceptors (Lipinski definition) is 2. The lowest BCUT2D eigenvalue weighted by atomic mass is 9.79. The van der Waals surface area contributed by atoms with Crippen molar-refractivity contribution in [1.29, 1.82) is 0 Å². The lowest BCUT2D eigenvalue weighted by Gasteiger charge is -2.41. The van der Waals surface area contributed by atoms with E-state index >= 15 is 0 Å². The lowest BCUT2D eigenvalue weighted by Crippen LogP contribution is -2.49. The van der Waals surface area contributed by atoms with E-state index < -0.39 is 0 Å². The number of nitrogens with one attached hydrogen (secondary N) is 1. The Labute approximate surface area is 130 Å². The first-order valence-corrected chi connectivity index (χ1v) is 9.02. The molecule has 0 spiro atoms. The summed E-state index contributed by atoms with van der Waals surface area (Å²) < 4.78 is 0. The van der Waals surface area contributed by atoms with E-state index in [1.54, 1.807) is 0 Å². The maximum absolute atomic E-state index is 12.9. The summed E-state index contributed by atoms with van der Waals surface area (Å²) >= 11 is 0. The summed E-state index contributed by atoms with van der Waals surface area (Å²) in [6.07, 6.45) is 7.10. The van der Waals surface area contributed by atoms with Crippen molar-refractivity contribution in [2.75, 3.05) is 0 Å². The molecule has 0 aromatic carbocycles. The molecule has 5 atom stereocenters. The summed E-state index contributed by atoms with van der Waals surface area (Å²) in [4.78, 5) is 15.1. The Balaban J connectivity index is 2.13. The summed E-state index contributed by atoms with van der Waals surface area (Å²) in [6, 6.07) is 0.511. The van der Waals surface area contributed by atoms with E-state index in [0.717, 1.165) is 25.2 Å². The van der Waals surface area contributed by atoms with Gasteiger partial charge in [-0.15, -0.1) is 0 Å². The van der Waals surface area contributed by atoms with Crippen LogP contribution in [-0.2, 0) is 4.79 Å². The highest BCUT2D eigenvalue weighted by atomic mass is 16.2. The molecule has 1 saturated carbocycles. The van der Waals surface area contributed by atoms with Gasteiger partial charge in [0.1, 0.15) is 0 Å². The Bertz CT molecular complexity index is 355. The fourth-order valence-corrected chi connectivity index (χ4v) is 4.30. The second-order valence-electron chi connectivity index (χ2n) is 7.86. The highest BCUT2D eigenvalue weighted by Gasteiger charge is 2.44. The molecule has 2 aliphatic rings. The third-order valence-corrected chi connectivity index (χ3v) is 5.30. The van der Waals surface area contributed by atoms with E-state index in [0.29, 0.717) is 23.8 Å². The molecule has 3 heteroatoms. The fourth-order valence-electron chi connectivity index (χ4n) is 4.30. The van der Waals surface area contributed by atoms with Crippen LogP contribution in [0.4, 0.5) is 0 Å². The first kappa shape index (κ1) is 16.8. The van der Waals surface area contributed by atoms with Gasteiger partial charge in [-0.1, -0.05) is 41.0 Å². The number of carbonyl (C=O) groups is 1. The molecule has 1 amide bonds. The van der Waals surface area contributed by atoms with Crippen LogP contribution < -0.4 is 5.32 Å². The topological polar surface area (TPSA) is 32.3 Å². The second kappa shape index (κ2) is 7.13. The van der Waals surface area contributed by atoms with Crippen LogP contribution in [-0.4, -0.2) is 29.1 Å². The van der Waals surface area contributed by atoms with Crippen molar-refractivity contribution in [3.63, 3.8) is 0 Å². The normalized spacial score (nSPS) is 37.5. The number of carbonyl (C=O) groups excluding carboxylic acids is 1. The molecule has 1 heterocycles. The third-order valence-electron chi connectivity index (χ3n) is 5.30. The van der Waals surface area contributed by atoms with E-state index in [9.17, 15) is 4.79 Å². The molecular weight excluding hydrogens is 260 g/mol. The van der Waals surface area contributed by atoms with Crippen LogP contribution in [0.2, 0.25) is 0 Å². The zero-order chi connectivity index (χ0) is 15.6. The summed E-state index contributed by atoms with van der Waals surface area (Å²) in [7, 11) is 0. The molecule has 1 saturated heterocycles. The Morgan fingerprint density at radius 3 is 2.57 bits per heavy atom. The van der Waals surface area contributed by atoms with Crippen molar-refractivity contribution in [2.45, 2.75) is 91.4 Å². The minimum Gasteiger partial charge on any atom is -0.323 e. The summed E-state index contributed by atoms with van der Waals surface area (Å²) in [5.74, 6) is 2.44. The van der Waals surface area contributed by atoms with Crippen molar-refractivity contribution >= 4 is 5.91 Å². The third kappa shape index (κ3) is 3.80. The lowest BCUT2D eigenvalue weighted by molar-refractivity contribution is -0.134. The molecule has 5 unspecified atom stereocenters. The van der Waals surface area contributed by atoms with Crippen LogP contribution in [0.5, 0.6) is 0 Å². The van der Waals surface area contributed by atoms with Crippen molar-refractivity contribution in [2.24, 2.45) is 17.8 Å². The first-order valence-electron chi connectivity index (χ1n) is 9.02. The Kier molecular flexibility index (Phi) is 5.70. The molecular formula is C18H34N2O. The molecule has 1 N–H and O–H groups in total. The van der Waals surface area contributed by atoms with Crippen LogP contribution in [0.15, 0.2) is 0 Å². The van der Waals surface area contributed by atoms with Crippen molar-refractivity contribution in [3.05, 3.63) is 0 Å². The zero-order valence-corrected chi connectivity index (χ0v) is 14.6. The molecule has 122 valence electrons. The van der Waals surface area contributed by atoms with Crippen LogP contribution in [0.1, 0.15) is 73.1 Å². The SMILES string of the molecule is CCCC1NC(CC(C)C)N(C2CCC(C)CC2C)C1=O. The number of rotatable bonds is 5. The van der Waals surface area contributed by atoms with E-state index in [4.69, 9.17) is 0 Å². The minimum atomic E-state index is 0.0605. The van der Waals surface area contributed by atoms with E-state index in [1.165, 1.54) is 19.3 Å². The van der Waals surface area contributed by atoms with Gasteiger partial charge in [-0.2, -0.15) is 0 Å². The van der Waals surface area contributed by atoms with Crippen molar-refractivity contribution in [1.82, 2.24) is 10.2 Å². The smallest absolute Gasteiger partial charge is 0.241 e. The van der Waals surface area contributed by atoms with Gasteiger partial charge in [0.2, 0.25) is 5.91 Å². The highest BCUT2D eigenvalue weighted by molar-refractivity contribution is 5.84. The molecule has 3 nitrogen and oxygen atoms in total. The summed E-state index contributed by atoms with van der Waals surface area (Å²) in [5.41, 5.74) is 0. The molecule has 0 aromatic heterocycles. The molecule has 2 fully saturated rings. The predicted molar refractivity (Wildman–Crippen MR) is 87.9 cm³/mol. The summed E-state index contributed by atoms with van der Waals surface area (Å²) in [6.45, 7) is 11.4. The maximum atomic E-state index is 12.9. The zero-order valence-electron chi connectivity index (χ0n) is 14.6. The Morgan fingerprint density at radius 2 is 2.00 bits per heavy atom. The molecule has 1 aliphatic carbocycles. The number of hydrogen-bond donors (Lipinski definition) is 1. The molecule has 0 bridgehead atoms. The van der Waals surface area contributed by atoms with Gasteiger partial charge in [0.25, 0.3) is 0 Å². The van der Waals surface area contributed by atoms with Gasteiger partial charge in [0, 0.05) is 6.04 Å². The van der Waals surface area contributed by atoms with Gasteiger partial charge in [0.05, 0.1) is 12.2 Å². The van der Waals surface area contributed by atoms with Gasteiger partial charge < -0.3 is 4.90 Å². The molecule has 2 rings (SSSR count). The predicted octanol–water partition coefficient (Wildman–Crippen LogP) is 3.78. The van der Waals surface area contributed by atoms with Crippen LogP contribution in [0, 0.1) is 17.8 Å². The number of nitrogens with zero attached hydrogens (tertiary/aromatic N) is 1. The Morgan fingerprint density at radius 1 is 1.29 bits per heavy atom. The molecule has 1 aliphatic heterocycles. The van der Waals surface area contributed by atoms with E-state index in [-0.39, 0.29) is 12.2 Å². The van der Waals surface area contributed by atoms with Gasteiger partial charge in [-0.25, -0.2) is 0 Å². The molecule has 0 aromatic rings. The average molecular weight is 294 g/mol. The molecule has 21 heavy (non-hydrogen) atoms. The maximum Gasteiger partial charge on any atom is 0.241 e. The standard InChI is InChI=1S/C18H34N2O/c1-6-7-15-18(21)20(17(19-15)10-12(2)3)16-9-8-13(4)11-14(16)5/h12-17,19H,6-11H2,1-5H3. The van der Waals surface area contributed by atoms with Gasteiger partial charge in [-0.3, -0.25) is 10.1 Å². The van der Waals surface area contributed by atoms with Crippen molar-refractivity contribution < 1.29 is 4.79 Å². The van der Waals surface area contributed by atoms with E-state index in [1.807, 2.05) is 0 Å². The highest BCUT2D eigenvalue weighted by Crippen LogP contribution is 2.35. The van der Waals surface area contributed by atoms with E-state index in [2.05, 4.69) is 44.8 Å². The van der Waals surface area contributed by atoms with Crippen LogP contribution >= 0.6 is 0 Å². The van der Waals surface area contributed by atoms with Crippen LogP contribution in [0.3, 0.4) is 0 Å². The fraction of sp³-hybridized carbons (Fsp3) is 0.944.